The van der Waals surface area contributed by atoms with Gasteiger partial charge in [-0.3, -0.25) is 9.83 Å². The van der Waals surface area contributed by atoms with Gasteiger partial charge < -0.3 is 5.32 Å². The number of guanidine groups is 1. The molecule has 0 atom stereocenters. The standard InChI is InChI=1S/C10H19N3O/c1-2-6-9(5-1)14-13-10-11-7-3-4-8-12-10/h9H,1-8H2,(H2,11,12,13). The van der Waals surface area contributed by atoms with Crippen LogP contribution in [-0.4, -0.2) is 25.2 Å². The lowest BCUT2D eigenvalue weighted by atomic mass is 10.3. The predicted molar refractivity (Wildman–Crippen MR) is 56.0 cm³/mol. The van der Waals surface area contributed by atoms with E-state index in [2.05, 4.69) is 15.8 Å². The Morgan fingerprint density at radius 2 is 2.07 bits per heavy atom. The van der Waals surface area contributed by atoms with Gasteiger partial charge in [-0.15, -0.1) is 0 Å². The van der Waals surface area contributed by atoms with Crippen molar-refractivity contribution in [2.75, 3.05) is 13.1 Å². The smallest absolute Gasteiger partial charge is 0.215 e. The number of hydrogen-bond donors (Lipinski definition) is 2. The van der Waals surface area contributed by atoms with Crippen molar-refractivity contribution < 1.29 is 4.84 Å². The highest BCUT2D eigenvalue weighted by Crippen LogP contribution is 2.19. The topological polar surface area (TPSA) is 45.6 Å². The highest BCUT2D eigenvalue weighted by atomic mass is 16.7. The zero-order valence-electron chi connectivity index (χ0n) is 8.59. The van der Waals surface area contributed by atoms with Gasteiger partial charge in [0.15, 0.2) is 0 Å². The minimum atomic E-state index is 0.391. The summed E-state index contributed by atoms with van der Waals surface area (Å²) < 4.78 is 0. The van der Waals surface area contributed by atoms with Crippen molar-refractivity contribution in [2.24, 2.45) is 4.99 Å². The number of rotatable bonds is 2. The third-order valence-electron chi connectivity index (χ3n) is 2.77. The Bertz CT molecular complexity index is 200. The summed E-state index contributed by atoms with van der Waals surface area (Å²) in [5, 5.41) is 3.22. The molecule has 1 aliphatic carbocycles. The largest absolute Gasteiger partial charge is 0.355 e. The van der Waals surface area contributed by atoms with Crippen LogP contribution >= 0.6 is 0 Å². The maximum absolute atomic E-state index is 5.55. The van der Waals surface area contributed by atoms with Crippen LogP contribution in [0.5, 0.6) is 0 Å². The molecule has 4 heteroatoms. The summed E-state index contributed by atoms with van der Waals surface area (Å²) in [6.45, 7) is 1.91. The Labute approximate surface area is 85.1 Å². The third-order valence-corrected chi connectivity index (χ3v) is 2.77. The second-order valence-electron chi connectivity index (χ2n) is 3.99. The summed E-state index contributed by atoms with van der Waals surface area (Å²) in [6, 6.07) is 0. The van der Waals surface area contributed by atoms with Crippen LogP contribution in [0, 0.1) is 0 Å². The van der Waals surface area contributed by atoms with Gasteiger partial charge >= 0.3 is 0 Å². The SMILES string of the molecule is C1CCNC(NOC2CCCC2)=NC1. The molecule has 14 heavy (non-hydrogen) atoms. The number of hydroxylamine groups is 1. The zero-order chi connectivity index (χ0) is 9.64. The minimum Gasteiger partial charge on any atom is -0.355 e. The van der Waals surface area contributed by atoms with E-state index in [1.807, 2.05) is 0 Å². The van der Waals surface area contributed by atoms with Crippen LogP contribution in [0.4, 0.5) is 0 Å². The molecule has 4 nitrogen and oxygen atoms in total. The molecule has 2 aliphatic rings. The van der Waals surface area contributed by atoms with Crippen LogP contribution in [0.2, 0.25) is 0 Å². The van der Waals surface area contributed by atoms with Gasteiger partial charge in [-0.05, 0) is 25.7 Å². The molecule has 1 fully saturated rings. The Kier molecular flexibility index (Phi) is 3.63. The van der Waals surface area contributed by atoms with Gasteiger partial charge in [-0.1, -0.05) is 12.8 Å². The van der Waals surface area contributed by atoms with Crippen molar-refractivity contribution in [2.45, 2.75) is 44.6 Å². The average Bonchev–Trinajstić information content (AvgIpc) is 2.58. The Morgan fingerprint density at radius 3 is 2.93 bits per heavy atom. The molecule has 1 heterocycles. The second-order valence-corrected chi connectivity index (χ2v) is 3.99. The fourth-order valence-electron chi connectivity index (χ4n) is 1.90. The molecule has 0 aromatic heterocycles. The van der Waals surface area contributed by atoms with Crippen molar-refractivity contribution in [3.63, 3.8) is 0 Å². The molecule has 0 amide bonds. The summed E-state index contributed by atoms with van der Waals surface area (Å²) in [4.78, 5) is 9.91. The van der Waals surface area contributed by atoms with Gasteiger partial charge in [0.25, 0.3) is 0 Å². The van der Waals surface area contributed by atoms with E-state index in [9.17, 15) is 0 Å². The average molecular weight is 197 g/mol. The number of nitrogens with one attached hydrogen (secondary N) is 2. The Balaban J connectivity index is 1.70. The summed E-state index contributed by atoms with van der Waals surface area (Å²) in [5.74, 6) is 0.814. The summed E-state index contributed by atoms with van der Waals surface area (Å²) in [5.41, 5.74) is 2.94. The highest BCUT2D eigenvalue weighted by molar-refractivity contribution is 5.78. The molecule has 0 spiro atoms. The van der Waals surface area contributed by atoms with E-state index in [4.69, 9.17) is 4.84 Å². The normalized spacial score (nSPS) is 23.9. The minimum absolute atomic E-state index is 0.391. The molecule has 0 aromatic carbocycles. The van der Waals surface area contributed by atoms with Crippen molar-refractivity contribution in [3.05, 3.63) is 0 Å². The summed E-state index contributed by atoms with van der Waals surface area (Å²) in [7, 11) is 0. The first kappa shape index (κ1) is 9.77. The van der Waals surface area contributed by atoms with E-state index in [1.54, 1.807) is 0 Å². The summed E-state index contributed by atoms with van der Waals surface area (Å²) in [6.07, 6.45) is 7.71. The fourth-order valence-corrected chi connectivity index (χ4v) is 1.90. The van der Waals surface area contributed by atoms with Gasteiger partial charge in [0.2, 0.25) is 5.96 Å². The first-order chi connectivity index (χ1) is 6.95. The van der Waals surface area contributed by atoms with Crippen LogP contribution < -0.4 is 10.8 Å². The maximum atomic E-state index is 5.55. The van der Waals surface area contributed by atoms with Crippen LogP contribution in [0.25, 0.3) is 0 Å². The molecular formula is C10H19N3O. The third kappa shape index (κ3) is 2.87. The predicted octanol–water partition coefficient (Wildman–Crippen LogP) is 1.19. The number of aliphatic imine (C=N–C) groups is 1. The lowest BCUT2D eigenvalue weighted by Crippen LogP contribution is -2.38. The molecular weight excluding hydrogens is 178 g/mol. The molecule has 0 unspecified atom stereocenters. The van der Waals surface area contributed by atoms with E-state index < -0.39 is 0 Å². The van der Waals surface area contributed by atoms with E-state index in [0.29, 0.717) is 6.10 Å². The Morgan fingerprint density at radius 1 is 1.21 bits per heavy atom. The molecule has 0 bridgehead atoms. The molecule has 2 rings (SSSR count). The van der Waals surface area contributed by atoms with Gasteiger partial charge in [-0.25, -0.2) is 5.48 Å². The molecule has 80 valence electrons. The van der Waals surface area contributed by atoms with Crippen LogP contribution in [-0.2, 0) is 4.84 Å². The Hall–Kier alpha value is -0.770. The number of nitrogens with zero attached hydrogens (tertiary/aromatic N) is 1. The zero-order valence-corrected chi connectivity index (χ0v) is 8.59. The van der Waals surface area contributed by atoms with Gasteiger partial charge in [-0.2, -0.15) is 0 Å². The van der Waals surface area contributed by atoms with Gasteiger partial charge in [0, 0.05) is 13.1 Å². The van der Waals surface area contributed by atoms with Crippen molar-refractivity contribution in [3.8, 4) is 0 Å². The van der Waals surface area contributed by atoms with E-state index in [-0.39, 0.29) is 0 Å². The highest BCUT2D eigenvalue weighted by Gasteiger charge is 2.16. The van der Waals surface area contributed by atoms with E-state index >= 15 is 0 Å². The first-order valence-electron chi connectivity index (χ1n) is 5.65. The summed E-state index contributed by atoms with van der Waals surface area (Å²) >= 11 is 0. The molecule has 0 radical (unpaired) electrons. The molecule has 1 saturated carbocycles. The fraction of sp³-hybridized carbons (Fsp3) is 0.900. The molecule has 0 aromatic rings. The van der Waals surface area contributed by atoms with E-state index in [1.165, 1.54) is 38.5 Å². The number of hydrogen-bond acceptors (Lipinski definition) is 4. The second kappa shape index (κ2) is 5.20. The lowest BCUT2D eigenvalue weighted by Gasteiger charge is -2.14. The van der Waals surface area contributed by atoms with Crippen molar-refractivity contribution in [1.29, 1.82) is 0 Å². The molecule has 2 N–H and O–H groups in total. The van der Waals surface area contributed by atoms with Gasteiger partial charge in [0.1, 0.15) is 0 Å². The van der Waals surface area contributed by atoms with Crippen molar-refractivity contribution >= 4 is 5.96 Å². The lowest BCUT2D eigenvalue weighted by molar-refractivity contribution is 0.0131. The van der Waals surface area contributed by atoms with Gasteiger partial charge in [0.05, 0.1) is 6.10 Å². The van der Waals surface area contributed by atoms with E-state index in [0.717, 1.165) is 19.0 Å². The maximum Gasteiger partial charge on any atom is 0.215 e. The van der Waals surface area contributed by atoms with Crippen LogP contribution in [0.1, 0.15) is 38.5 Å². The quantitative estimate of drug-likeness (QED) is 0.654. The van der Waals surface area contributed by atoms with Crippen LogP contribution in [0.15, 0.2) is 4.99 Å². The van der Waals surface area contributed by atoms with Crippen molar-refractivity contribution in [1.82, 2.24) is 10.8 Å². The molecule has 0 saturated heterocycles. The molecule has 1 aliphatic heterocycles. The first-order valence-corrected chi connectivity index (χ1v) is 5.65. The van der Waals surface area contributed by atoms with Crippen LogP contribution in [0.3, 0.4) is 0 Å². The monoisotopic (exact) mass is 197 g/mol.